The molecule has 0 aliphatic heterocycles. The van der Waals surface area contributed by atoms with Gasteiger partial charge in [0.15, 0.2) is 0 Å². The lowest BCUT2D eigenvalue weighted by Gasteiger charge is -2.27. The normalized spacial score (nSPS) is 16.7. The molecule has 0 radical (unpaired) electrons. The fourth-order valence-corrected chi connectivity index (χ4v) is 3.06. The van der Waals surface area contributed by atoms with E-state index in [0.717, 1.165) is 30.4 Å². The summed E-state index contributed by atoms with van der Waals surface area (Å²) in [6, 6.07) is 9.01. The first-order valence-corrected chi connectivity index (χ1v) is 7.51. The minimum atomic E-state index is -0.460. The molecule has 2 N–H and O–H groups in total. The van der Waals surface area contributed by atoms with E-state index >= 15 is 0 Å². The second kappa shape index (κ2) is 6.34. The van der Waals surface area contributed by atoms with Gasteiger partial charge in [-0.15, -0.1) is 0 Å². The van der Waals surface area contributed by atoms with Gasteiger partial charge >= 0.3 is 0 Å². The summed E-state index contributed by atoms with van der Waals surface area (Å²) in [7, 11) is 0. The van der Waals surface area contributed by atoms with Gasteiger partial charge in [0, 0.05) is 6.07 Å². The number of halogens is 1. The van der Waals surface area contributed by atoms with Gasteiger partial charge in [-0.2, -0.15) is 0 Å². The molecule has 1 aliphatic rings. The molecule has 3 rings (SSSR count). The molecule has 0 fully saturated rings. The number of aryl methyl sites for hydroxylation is 1. The summed E-state index contributed by atoms with van der Waals surface area (Å²) in [6.45, 7) is -0.192. The van der Waals surface area contributed by atoms with Crippen LogP contribution in [0.15, 0.2) is 36.4 Å². The van der Waals surface area contributed by atoms with Crippen molar-refractivity contribution in [1.29, 1.82) is 0 Å². The highest BCUT2D eigenvalue weighted by molar-refractivity contribution is 5.64. The summed E-state index contributed by atoms with van der Waals surface area (Å²) in [5.41, 5.74) is 2.80. The van der Waals surface area contributed by atoms with Crippen LogP contribution < -0.4 is 5.32 Å². The zero-order valence-corrected chi connectivity index (χ0v) is 12.5. The summed E-state index contributed by atoms with van der Waals surface area (Å²) in [5, 5.41) is 23.6. The summed E-state index contributed by atoms with van der Waals surface area (Å²) in [4.78, 5) is 10.7. The number of nitrogens with zero attached hydrogens (tertiary/aromatic N) is 1. The lowest BCUT2D eigenvalue weighted by Crippen LogP contribution is -2.18. The fourth-order valence-electron chi connectivity index (χ4n) is 3.06. The van der Waals surface area contributed by atoms with E-state index in [9.17, 15) is 19.6 Å². The van der Waals surface area contributed by atoms with Crippen LogP contribution in [0.5, 0.6) is 0 Å². The Morgan fingerprint density at radius 2 is 2.13 bits per heavy atom. The number of aliphatic hydroxyl groups is 1. The van der Waals surface area contributed by atoms with Crippen molar-refractivity contribution in [2.45, 2.75) is 31.9 Å². The largest absolute Gasteiger partial charge is 0.392 e. The third kappa shape index (κ3) is 3.17. The first-order valence-electron chi connectivity index (χ1n) is 7.51. The van der Waals surface area contributed by atoms with Gasteiger partial charge in [0.05, 0.1) is 17.6 Å². The van der Waals surface area contributed by atoms with E-state index in [1.54, 1.807) is 12.1 Å². The molecule has 0 saturated carbocycles. The van der Waals surface area contributed by atoms with Crippen molar-refractivity contribution >= 4 is 11.4 Å². The molecule has 5 nitrogen and oxygen atoms in total. The predicted molar refractivity (Wildman–Crippen MR) is 84.7 cm³/mol. The number of nitro groups is 1. The molecule has 2 aromatic rings. The Balaban J connectivity index is 1.97. The van der Waals surface area contributed by atoms with E-state index in [2.05, 4.69) is 5.32 Å². The maximum Gasteiger partial charge on any atom is 0.292 e. The van der Waals surface area contributed by atoms with Crippen molar-refractivity contribution in [1.82, 2.24) is 0 Å². The van der Waals surface area contributed by atoms with Crippen molar-refractivity contribution in [2.24, 2.45) is 0 Å². The first-order chi connectivity index (χ1) is 11.1. The van der Waals surface area contributed by atoms with Gasteiger partial charge < -0.3 is 10.4 Å². The smallest absolute Gasteiger partial charge is 0.292 e. The van der Waals surface area contributed by atoms with E-state index in [0.29, 0.717) is 11.3 Å². The number of fused-ring (bicyclic) bond motifs is 1. The van der Waals surface area contributed by atoms with E-state index in [1.807, 2.05) is 0 Å². The van der Waals surface area contributed by atoms with E-state index in [-0.39, 0.29) is 24.2 Å². The van der Waals surface area contributed by atoms with E-state index in [4.69, 9.17) is 0 Å². The van der Waals surface area contributed by atoms with Crippen LogP contribution >= 0.6 is 0 Å². The fraction of sp³-hybridized carbons (Fsp3) is 0.294. The summed E-state index contributed by atoms with van der Waals surface area (Å²) in [6.07, 6.45) is 2.59. The van der Waals surface area contributed by atoms with Crippen LogP contribution in [-0.2, 0) is 13.0 Å². The Bertz CT molecular complexity index is 749. The summed E-state index contributed by atoms with van der Waals surface area (Å²) in [5.74, 6) is -0.309. The molecule has 23 heavy (non-hydrogen) atoms. The molecule has 0 amide bonds. The molecule has 120 valence electrons. The van der Waals surface area contributed by atoms with Crippen molar-refractivity contribution in [2.75, 3.05) is 5.32 Å². The highest BCUT2D eigenvalue weighted by Gasteiger charge is 2.23. The number of anilines is 1. The standard InChI is InChI=1S/C17H17FN2O3/c18-13-6-5-12-2-1-3-15(14(12)9-13)19-16-8-11(10-21)4-7-17(16)20(22)23/h4-9,15,19,21H,1-3,10H2. The topological polar surface area (TPSA) is 75.4 Å². The van der Waals surface area contributed by atoms with Gasteiger partial charge in [-0.1, -0.05) is 6.07 Å². The van der Waals surface area contributed by atoms with Gasteiger partial charge in [0.25, 0.3) is 5.69 Å². The predicted octanol–water partition coefficient (Wildman–Crippen LogP) is 3.72. The average Bonchev–Trinajstić information content (AvgIpc) is 2.55. The Morgan fingerprint density at radius 3 is 2.87 bits per heavy atom. The number of nitrogens with one attached hydrogen (secondary N) is 1. The highest BCUT2D eigenvalue weighted by Crippen LogP contribution is 2.36. The van der Waals surface area contributed by atoms with Gasteiger partial charge in [-0.05, 0) is 60.2 Å². The van der Waals surface area contributed by atoms with Crippen LogP contribution in [0.2, 0.25) is 0 Å². The molecule has 0 bridgehead atoms. The lowest BCUT2D eigenvalue weighted by atomic mass is 9.87. The van der Waals surface area contributed by atoms with Crippen LogP contribution in [0.4, 0.5) is 15.8 Å². The number of benzene rings is 2. The SMILES string of the molecule is O=[N+]([O-])c1ccc(CO)cc1NC1CCCc2ccc(F)cc21. The van der Waals surface area contributed by atoms with Gasteiger partial charge in [0.1, 0.15) is 11.5 Å². The molecule has 0 spiro atoms. The first kappa shape index (κ1) is 15.4. The number of rotatable bonds is 4. The quantitative estimate of drug-likeness (QED) is 0.666. The van der Waals surface area contributed by atoms with Crippen molar-refractivity contribution < 1.29 is 14.4 Å². The third-order valence-electron chi connectivity index (χ3n) is 4.19. The zero-order valence-electron chi connectivity index (χ0n) is 12.5. The summed E-state index contributed by atoms with van der Waals surface area (Å²) >= 11 is 0. The van der Waals surface area contributed by atoms with Crippen molar-refractivity contribution in [3.8, 4) is 0 Å². The number of aliphatic hydroxyl groups excluding tert-OH is 1. The summed E-state index contributed by atoms with van der Waals surface area (Å²) < 4.78 is 13.6. The van der Waals surface area contributed by atoms with E-state index < -0.39 is 4.92 Å². The number of hydrogen-bond donors (Lipinski definition) is 2. The minimum absolute atomic E-state index is 0.0503. The Kier molecular flexibility index (Phi) is 4.25. The monoisotopic (exact) mass is 316 g/mol. The van der Waals surface area contributed by atoms with Gasteiger partial charge in [0.2, 0.25) is 0 Å². The Hall–Kier alpha value is -2.47. The molecule has 6 heteroatoms. The maximum atomic E-state index is 13.6. The Labute approximate surface area is 132 Å². The molecule has 1 aliphatic carbocycles. The number of hydrogen-bond acceptors (Lipinski definition) is 4. The third-order valence-corrected chi connectivity index (χ3v) is 4.19. The lowest BCUT2D eigenvalue weighted by molar-refractivity contribution is -0.384. The molecule has 0 heterocycles. The van der Waals surface area contributed by atoms with Crippen LogP contribution in [0, 0.1) is 15.9 Å². The van der Waals surface area contributed by atoms with Crippen molar-refractivity contribution in [3.05, 3.63) is 69.0 Å². The molecule has 1 atom stereocenters. The molecular formula is C17H17FN2O3. The van der Waals surface area contributed by atoms with Crippen molar-refractivity contribution in [3.63, 3.8) is 0 Å². The second-order valence-corrected chi connectivity index (χ2v) is 5.70. The molecular weight excluding hydrogens is 299 g/mol. The van der Waals surface area contributed by atoms with Gasteiger partial charge in [-0.25, -0.2) is 4.39 Å². The van der Waals surface area contributed by atoms with Crippen LogP contribution in [0.3, 0.4) is 0 Å². The second-order valence-electron chi connectivity index (χ2n) is 5.70. The molecule has 1 unspecified atom stereocenters. The maximum absolute atomic E-state index is 13.6. The average molecular weight is 316 g/mol. The molecule has 2 aromatic carbocycles. The minimum Gasteiger partial charge on any atom is -0.392 e. The Morgan fingerprint density at radius 1 is 1.30 bits per heavy atom. The van der Waals surface area contributed by atoms with Gasteiger partial charge in [-0.3, -0.25) is 10.1 Å². The number of nitro benzene ring substituents is 1. The van der Waals surface area contributed by atoms with Crippen LogP contribution in [0.1, 0.15) is 35.6 Å². The van der Waals surface area contributed by atoms with Crippen LogP contribution in [0.25, 0.3) is 0 Å². The molecule has 0 saturated heterocycles. The zero-order chi connectivity index (χ0) is 16.4. The van der Waals surface area contributed by atoms with E-state index in [1.165, 1.54) is 24.3 Å². The van der Waals surface area contributed by atoms with Crippen LogP contribution in [-0.4, -0.2) is 10.0 Å². The molecule has 0 aromatic heterocycles. The highest BCUT2D eigenvalue weighted by atomic mass is 19.1.